The first kappa shape index (κ1) is 17.6. The Morgan fingerprint density at radius 2 is 1.96 bits per heavy atom. The number of carbonyl (C=O) groups is 2. The van der Waals surface area contributed by atoms with Gasteiger partial charge < -0.3 is 14.7 Å². The molecule has 0 aromatic heterocycles. The highest BCUT2D eigenvalue weighted by Gasteiger charge is 2.52. The summed E-state index contributed by atoms with van der Waals surface area (Å²) in [6.07, 6.45) is 1.81. The lowest BCUT2D eigenvalue weighted by Gasteiger charge is -2.24. The third-order valence-corrected chi connectivity index (χ3v) is 4.99. The third kappa shape index (κ3) is 3.32. The van der Waals surface area contributed by atoms with Crippen LogP contribution in [0.15, 0.2) is 24.3 Å². The van der Waals surface area contributed by atoms with E-state index in [0.717, 1.165) is 17.7 Å². The van der Waals surface area contributed by atoms with E-state index in [1.54, 1.807) is 13.0 Å². The summed E-state index contributed by atoms with van der Waals surface area (Å²) < 4.78 is 34.9. The largest absolute Gasteiger partial charge is 0.493 e. The molecule has 25 heavy (non-hydrogen) atoms. The summed E-state index contributed by atoms with van der Waals surface area (Å²) >= 11 is 0. The number of hydrogen-bond acceptors (Lipinski definition) is 3. The molecule has 1 saturated heterocycles. The molecule has 3 rings (SSSR count). The molecule has 0 bridgehead atoms. The average molecular weight is 353 g/mol. The van der Waals surface area contributed by atoms with Crippen LogP contribution >= 0.6 is 0 Å². The first-order valence-electron chi connectivity index (χ1n) is 8.48. The smallest absolute Gasteiger partial charge is 0.353 e. The molecule has 1 saturated carbocycles. The lowest BCUT2D eigenvalue weighted by molar-refractivity contribution is -0.158. The molecule has 1 amide bonds. The summed E-state index contributed by atoms with van der Waals surface area (Å²) in [5, 5.41) is 9.35. The average Bonchev–Trinajstić information content (AvgIpc) is 3.33. The van der Waals surface area contributed by atoms with Crippen molar-refractivity contribution in [3.63, 3.8) is 0 Å². The number of carboxylic acids is 1. The van der Waals surface area contributed by atoms with Crippen LogP contribution in [0.4, 0.5) is 8.78 Å². The number of hydrogen-bond donors (Lipinski definition) is 1. The van der Waals surface area contributed by atoms with Crippen molar-refractivity contribution < 1.29 is 28.2 Å². The van der Waals surface area contributed by atoms with Gasteiger partial charge in [0.15, 0.2) is 0 Å². The molecule has 1 aromatic rings. The zero-order valence-corrected chi connectivity index (χ0v) is 14.0. The summed E-state index contributed by atoms with van der Waals surface area (Å²) in [6.45, 7) is 1.79. The van der Waals surface area contributed by atoms with E-state index in [4.69, 9.17) is 4.74 Å². The number of aliphatic carboxylic acids is 1. The molecule has 1 heterocycles. The van der Waals surface area contributed by atoms with Crippen LogP contribution in [-0.4, -0.2) is 41.6 Å². The molecule has 5 nitrogen and oxygen atoms in total. The van der Waals surface area contributed by atoms with Gasteiger partial charge in [-0.3, -0.25) is 9.59 Å². The maximum Gasteiger partial charge on any atom is 0.353 e. The van der Waals surface area contributed by atoms with Crippen molar-refractivity contribution >= 4 is 11.9 Å². The van der Waals surface area contributed by atoms with Gasteiger partial charge >= 0.3 is 11.9 Å². The second-order valence-corrected chi connectivity index (χ2v) is 6.66. The van der Waals surface area contributed by atoms with Crippen LogP contribution in [0.25, 0.3) is 0 Å². The van der Waals surface area contributed by atoms with Gasteiger partial charge in [0, 0.05) is 13.1 Å². The minimum Gasteiger partial charge on any atom is -0.493 e. The second-order valence-electron chi connectivity index (χ2n) is 6.66. The molecule has 2 aliphatic rings. The number of para-hydroxylation sites is 1. The van der Waals surface area contributed by atoms with Crippen molar-refractivity contribution in [2.24, 2.45) is 17.8 Å². The number of amides is 1. The Morgan fingerprint density at radius 3 is 2.56 bits per heavy atom. The predicted octanol–water partition coefficient (Wildman–Crippen LogP) is 2.75. The summed E-state index contributed by atoms with van der Waals surface area (Å²) in [5.74, 6) is -6.94. The fourth-order valence-electron chi connectivity index (χ4n) is 3.58. The van der Waals surface area contributed by atoms with Gasteiger partial charge in [0.05, 0.1) is 18.1 Å². The Kier molecular flexibility index (Phi) is 4.67. The molecule has 1 N–H and O–H groups in total. The van der Waals surface area contributed by atoms with Crippen molar-refractivity contribution in [2.45, 2.75) is 25.7 Å². The van der Waals surface area contributed by atoms with Gasteiger partial charge in [0.1, 0.15) is 5.75 Å². The number of nitrogens with zero attached hydrogens (tertiary/aromatic N) is 1. The van der Waals surface area contributed by atoms with Crippen molar-refractivity contribution in [3.8, 4) is 5.75 Å². The molecule has 1 aromatic carbocycles. The van der Waals surface area contributed by atoms with Crippen LogP contribution in [0.1, 0.15) is 25.3 Å². The Bertz CT molecular complexity index is 675. The molecule has 2 atom stereocenters. The van der Waals surface area contributed by atoms with Gasteiger partial charge in [0.2, 0.25) is 0 Å². The van der Waals surface area contributed by atoms with Crippen LogP contribution in [0, 0.1) is 17.8 Å². The number of alkyl halides is 2. The summed E-state index contributed by atoms with van der Waals surface area (Å²) in [4.78, 5) is 24.9. The van der Waals surface area contributed by atoms with Crippen molar-refractivity contribution in [3.05, 3.63) is 29.8 Å². The first-order valence-corrected chi connectivity index (χ1v) is 8.48. The highest BCUT2D eigenvalue weighted by Crippen LogP contribution is 2.45. The van der Waals surface area contributed by atoms with Crippen LogP contribution < -0.4 is 4.74 Å². The van der Waals surface area contributed by atoms with E-state index in [9.17, 15) is 23.5 Å². The Hall–Kier alpha value is -2.18. The number of carbonyl (C=O) groups excluding carboxylic acids is 1. The van der Waals surface area contributed by atoms with Gasteiger partial charge in [-0.25, -0.2) is 0 Å². The van der Waals surface area contributed by atoms with E-state index in [1.807, 2.05) is 0 Å². The lowest BCUT2D eigenvalue weighted by atomic mass is 9.92. The second kappa shape index (κ2) is 6.61. The fourth-order valence-corrected chi connectivity index (χ4v) is 3.58. The molecule has 1 aliphatic carbocycles. The number of ether oxygens (including phenoxy) is 1. The van der Waals surface area contributed by atoms with Crippen LogP contribution in [0.2, 0.25) is 0 Å². The molecule has 1 aliphatic heterocycles. The molecule has 0 spiro atoms. The summed E-state index contributed by atoms with van der Waals surface area (Å²) in [5.41, 5.74) is -0.483. The number of carboxylic acid groups (broad SMARTS) is 1. The van der Waals surface area contributed by atoms with Gasteiger partial charge in [-0.05, 0) is 43.7 Å². The fraction of sp³-hybridized carbons (Fsp3) is 0.556. The van der Waals surface area contributed by atoms with Crippen LogP contribution in [0.5, 0.6) is 5.75 Å². The standard InChI is InChI=1S/C18H21F2NO4/c1-2-25-15-6-4-3-5-14(15)18(19,20)17(24)21-9-12(11-7-8-11)13(10-21)16(22)23/h3-6,11-13H,2,7-10H2,1H3,(H,22,23)/t12-,13+/m1/s1. The van der Waals surface area contributed by atoms with E-state index >= 15 is 0 Å². The molecule has 2 fully saturated rings. The number of rotatable bonds is 6. The first-order chi connectivity index (χ1) is 11.9. The zero-order valence-electron chi connectivity index (χ0n) is 14.0. The van der Waals surface area contributed by atoms with E-state index in [2.05, 4.69) is 0 Å². The Balaban J connectivity index is 1.83. The predicted molar refractivity (Wildman–Crippen MR) is 85.4 cm³/mol. The topological polar surface area (TPSA) is 66.8 Å². The maximum absolute atomic E-state index is 14.8. The number of likely N-dealkylation sites (tertiary alicyclic amines) is 1. The molecule has 0 unspecified atom stereocenters. The summed E-state index contributed by atoms with van der Waals surface area (Å²) in [7, 11) is 0. The Labute approximate surface area is 144 Å². The molecule has 7 heteroatoms. The maximum atomic E-state index is 14.8. The number of halogens is 2. The molecular formula is C18H21F2NO4. The molecule has 0 radical (unpaired) electrons. The monoisotopic (exact) mass is 353 g/mol. The van der Waals surface area contributed by atoms with E-state index < -0.39 is 29.3 Å². The minimum absolute atomic E-state index is 0.0314. The molecule has 136 valence electrons. The van der Waals surface area contributed by atoms with Gasteiger partial charge in [-0.1, -0.05) is 12.1 Å². The Morgan fingerprint density at radius 1 is 1.28 bits per heavy atom. The van der Waals surface area contributed by atoms with E-state index in [0.29, 0.717) is 0 Å². The van der Waals surface area contributed by atoms with Gasteiger partial charge in [-0.2, -0.15) is 8.78 Å². The quantitative estimate of drug-likeness (QED) is 0.854. The minimum atomic E-state index is -3.76. The highest BCUT2D eigenvalue weighted by atomic mass is 19.3. The number of benzene rings is 1. The van der Waals surface area contributed by atoms with Crippen molar-refractivity contribution in [1.82, 2.24) is 4.90 Å². The van der Waals surface area contributed by atoms with E-state index in [-0.39, 0.29) is 37.3 Å². The third-order valence-electron chi connectivity index (χ3n) is 4.99. The summed E-state index contributed by atoms with van der Waals surface area (Å²) in [6, 6.07) is 5.56. The SMILES string of the molecule is CCOc1ccccc1C(F)(F)C(=O)N1C[C@H](C(=O)O)[C@@H](C2CC2)C1. The van der Waals surface area contributed by atoms with E-state index in [1.165, 1.54) is 18.2 Å². The van der Waals surface area contributed by atoms with Gasteiger partial charge in [-0.15, -0.1) is 0 Å². The lowest BCUT2D eigenvalue weighted by Crippen LogP contribution is -2.41. The highest BCUT2D eigenvalue weighted by molar-refractivity contribution is 5.87. The van der Waals surface area contributed by atoms with Crippen molar-refractivity contribution in [1.29, 1.82) is 0 Å². The van der Waals surface area contributed by atoms with Gasteiger partial charge in [0.25, 0.3) is 5.91 Å². The van der Waals surface area contributed by atoms with Crippen molar-refractivity contribution in [2.75, 3.05) is 19.7 Å². The van der Waals surface area contributed by atoms with Crippen LogP contribution in [-0.2, 0) is 15.5 Å². The van der Waals surface area contributed by atoms with Crippen LogP contribution in [0.3, 0.4) is 0 Å². The zero-order chi connectivity index (χ0) is 18.2. The normalized spacial score (nSPS) is 23.6. The molecular weight excluding hydrogens is 332 g/mol.